The highest BCUT2D eigenvalue weighted by molar-refractivity contribution is 9.10. The van der Waals surface area contributed by atoms with Gasteiger partial charge in [-0.05, 0) is 66.7 Å². The third-order valence-corrected chi connectivity index (χ3v) is 4.59. The molecule has 160 valence electrons. The van der Waals surface area contributed by atoms with Gasteiger partial charge in [-0.25, -0.2) is 0 Å². The van der Waals surface area contributed by atoms with Crippen LogP contribution in [0.5, 0.6) is 5.75 Å². The molecule has 5 nitrogen and oxygen atoms in total. The van der Waals surface area contributed by atoms with Crippen LogP contribution in [0.1, 0.15) is 15.9 Å². The summed E-state index contributed by atoms with van der Waals surface area (Å²) < 4.78 is 44.6. The first-order valence-electron chi connectivity index (χ1n) is 8.97. The second-order valence-electron chi connectivity index (χ2n) is 6.40. The zero-order valence-electron chi connectivity index (χ0n) is 15.9. The Bertz CT molecular complexity index is 1070. The van der Waals surface area contributed by atoms with Crippen LogP contribution in [0.2, 0.25) is 0 Å². The molecule has 3 aromatic carbocycles. The highest BCUT2D eigenvalue weighted by Gasteiger charge is 2.30. The molecule has 3 aromatic rings. The van der Waals surface area contributed by atoms with Gasteiger partial charge in [0.05, 0.1) is 5.56 Å². The Labute approximate surface area is 184 Å². The molecule has 0 bridgehead atoms. The minimum Gasteiger partial charge on any atom is -0.484 e. The van der Waals surface area contributed by atoms with Crippen LogP contribution in [-0.2, 0) is 11.0 Å². The lowest BCUT2D eigenvalue weighted by atomic mass is 10.1. The van der Waals surface area contributed by atoms with Crippen molar-refractivity contribution in [2.45, 2.75) is 6.18 Å². The van der Waals surface area contributed by atoms with Gasteiger partial charge < -0.3 is 15.4 Å². The molecular formula is C22H16BrF3N2O3. The molecule has 0 saturated carbocycles. The number of ether oxygens (including phenoxy) is 1. The van der Waals surface area contributed by atoms with E-state index in [4.69, 9.17) is 4.74 Å². The molecule has 0 aliphatic rings. The van der Waals surface area contributed by atoms with Crippen LogP contribution in [0.25, 0.3) is 0 Å². The van der Waals surface area contributed by atoms with Crippen molar-refractivity contribution >= 4 is 39.1 Å². The van der Waals surface area contributed by atoms with Gasteiger partial charge in [0.1, 0.15) is 5.75 Å². The number of carbonyl (C=O) groups is 2. The molecule has 0 spiro atoms. The van der Waals surface area contributed by atoms with E-state index in [1.807, 2.05) is 0 Å². The Morgan fingerprint density at radius 2 is 1.55 bits per heavy atom. The highest BCUT2D eigenvalue weighted by Crippen LogP contribution is 2.30. The van der Waals surface area contributed by atoms with Gasteiger partial charge in [0.2, 0.25) is 0 Å². The van der Waals surface area contributed by atoms with Crippen LogP contribution in [0.15, 0.2) is 77.3 Å². The molecule has 0 aromatic heterocycles. The van der Waals surface area contributed by atoms with Crippen molar-refractivity contribution in [3.63, 3.8) is 0 Å². The standard InChI is InChI=1S/C22H16BrF3N2O3/c23-16-6-10-19(11-7-16)31-13-20(29)27-17-8-4-14(5-9-17)21(30)28-18-3-1-2-15(12-18)22(24,25)26/h1-12H,13H2,(H,27,29)(H,28,30). The van der Waals surface area contributed by atoms with Crippen molar-refractivity contribution in [3.8, 4) is 5.75 Å². The lowest BCUT2D eigenvalue weighted by Gasteiger charge is -2.10. The molecule has 2 amide bonds. The van der Waals surface area contributed by atoms with E-state index in [-0.39, 0.29) is 23.8 Å². The molecule has 9 heteroatoms. The third-order valence-electron chi connectivity index (χ3n) is 4.06. The molecule has 0 saturated heterocycles. The van der Waals surface area contributed by atoms with Gasteiger partial charge in [-0.1, -0.05) is 22.0 Å². The van der Waals surface area contributed by atoms with E-state index in [0.717, 1.165) is 16.6 Å². The first-order chi connectivity index (χ1) is 14.7. The lowest BCUT2D eigenvalue weighted by molar-refractivity contribution is -0.137. The topological polar surface area (TPSA) is 67.4 Å². The molecule has 0 heterocycles. The van der Waals surface area contributed by atoms with Crippen molar-refractivity contribution < 1.29 is 27.5 Å². The fourth-order valence-corrected chi connectivity index (χ4v) is 2.82. The Hall–Kier alpha value is -3.33. The van der Waals surface area contributed by atoms with E-state index in [2.05, 4.69) is 26.6 Å². The number of alkyl halides is 3. The van der Waals surface area contributed by atoms with Crippen LogP contribution < -0.4 is 15.4 Å². The maximum absolute atomic E-state index is 12.8. The fourth-order valence-electron chi connectivity index (χ4n) is 2.56. The van der Waals surface area contributed by atoms with E-state index in [0.29, 0.717) is 11.4 Å². The number of carbonyl (C=O) groups excluding carboxylic acids is 2. The molecule has 0 radical (unpaired) electrons. The molecule has 0 atom stereocenters. The molecule has 2 N–H and O–H groups in total. The van der Waals surface area contributed by atoms with E-state index in [9.17, 15) is 22.8 Å². The molecule has 0 aliphatic heterocycles. The molecule has 0 fully saturated rings. The SMILES string of the molecule is O=C(COc1ccc(Br)cc1)Nc1ccc(C(=O)Nc2cccc(C(F)(F)F)c2)cc1. The summed E-state index contributed by atoms with van der Waals surface area (Å²) in [5.74, 6) is -0.417. The highest BCUT2D eigenvalue weighted by atomic mass is 79.9. The van der Waals surface area contributed by atoms with Gasteiger partial charge in [0.25, 0.3) is 11.8 Å². The van der Waals surface area contributed by atoms with Crippen molar-refractivity contribution in [3.05, 3.63) is 88.4 Å². The average molecular weight is 493 g/mol. The Morgan fingerprint density at radius 3 is 2.19 bits per heavy atom. The second-order valence-corrected chi connectivity index (χ2v) is 7.32. The quantitative estimate of drug-likeness (QED) is 0.461. The summed E-state index contributed by atoms with van der Waals surface area (Å²) in [6.07, 6.45) is -4.50. The predicted molar refractivity (Wildman–Crippen MR) is 114 cm³/mol. The van der Waals surface area contributed by atoms with E-state index < -0.39 is 17.6 Å². The summed E-state index contributed by atoms with van der Waals surface area (Å²) in [5, 5.41) is 5.06. The fraction of sp³-hybridized carbons (Fsp3) is 0.0909. The maximum Gasteiger partial charge on any atom is 0.416 e. The van der Waals surface area contributed by atoms with Gasteiger partial charge in [0, 0.05) is 21.4 Å². The van der Waals surface area contributed by atoms with Crippen molar-refractivity contribution in [1.29, 1.82) is 0 Å². The number of hydrogen-bond acceptors (Lipinski definition) is 3. The zero-order valence-corrected chi connectivity index (χ0v) is 17.5. The Balaban J connectivity index is 1.55. The summed E-state index contributed by atoms with van der Waals surface area (Å²) in [6.45, 7) is -0.195. The monoisotopic (exact) mass is 492 g/mol. The van der Waals surface area contributed by atoms with Crippen LogP contribution in [0, 0.1) is 0 Å². The number of rotatable bonds is 6. The van der Waals surface area contributed by atoms with Gasteiger partial charge in [-0.3, -0.25) is 9.59 Å². The molecule has 0 unspecified atom stereocenters. The van der Waals surface area contributed by atoms with Crippen molar-refractivity contribution in [2.75, 3.05) is 17.2 Å². The third kappa shape index (κ3) is 6.58. The lowest BCUT2D eigenvalue weighted by Crippen LogP contribution is -2.20. The Morgan fingerprint density at radius 1 is 0.871 bits per heavy atom. The number of hydrogen-bond donors (Lipinski definition) is 2. The summed E-state index contributed by atoms with van der Waals surface area (Å²) in [5.41, 5.74) is -0.155. The number of amides is 2. The van der Waals surface area contributed by atoms with Crippen molar-refractivity contribution in [2.24, 2.45) is 0 Å². The number of halogens is 4. The second kappa shape index (κ2) is 9.65. The number of benzene rings is 3. The van der Waals surface area contributed by atoms with Gasteiger partial charge in [-0.2, -0.15) is 13.2 Å². The smallest absolute Gasteiger partial charge is 0.416 e. The number of anilines is 2. The summed E-state index contributed by atoms with van der Waals surface area (Å²) in [4.78, 5) is 24.3. The van der Waals surface area contributed by atoms with Crippen LogP contribution in [-0.4, -0.2) is 18.4 Å². The van der Waals surface area contributed by atoms with Gasteiger partial charge in [-0.15, -0.1) is 0 Å². The molecule has 0 aliphatic carbocycles. The molecule has 31 heavy (non-hydrogen) atoms. The van der Waals surface area contributed by atoms with E-state index >= 15 is 0 Å². The first-order valence-corrected chi connectivity index (χ1v) is 9.77. The summed E-state index contributed by atoms with van der Waals surface area (Å²) in [6, 6.07) is 17.3. The predicted octanol–water partition coefficient (Wildman–Crippen LogP) is 5.74. The van der Waals surface area contributed by atoms with Gasteiger partial charge in [0.15, 0.2) is 6.61 Å². The largest absolute Gasteiger partial charge is 0.484 e. The average Bonchev–Trinajstić information content (AvgIpc) is 2.73. The van der Waals surface area contributed by atoms with E-state index in [1.54, 1.807) is 24.3 Å². The Kier molecular flexibility index (Phi) is 6.96. The normalized spacial score (nSPS) is 11.0. The minimum absolute atomic E-state index is 0.0299. The summed E-state index contributed by atoms with van der Waals surface area (Å²) >= 11 is 3.31. The molecular weight excluding hydrogens is 477 g/mol. The minimum atomic E-state index is -4.50. The van der Waals surface area contributed by atoms with Gasteiger partial charge >= 0.3 is 6.18 Å². The van der Waals surface area contributed by atoms with Crippen molar-refractivity contribution in [1.82, 2.24) is 0 Å². The van der Waals surface area contributed by atoms with E-state index in [1.165, 1.54) is 36.4 Å². The first kappa shape index (κ1) is 22.4. The zero-order chi connectivity index (χ0) is 22.4. The molecule has 3 rings (SSSR count). The summed E-state index contributed by atoms with van der Waals surface area (Å²) in [7, 11) is 0. The van der Waals surface area contributed by atoms with Crippen LogP contribution in [0.3, 0.4) is 0 Å². The number of nitrogens with one attached hydrogen (secondary N) is 2. The van der Waals surface area contributed by atoms with Crippen LogP contribution >= 0.6 is 15.9 Å². The maximum atomic E-state index is 12.8. The van der Waals surface area contributed by atoms with Crippen LogP contribution in [0.4, 0.5) is 24.5 Å².